The van der Waals surface area contributed by atoms with Crippen molar-refractivity contribution in [2.75, 3.05) is 31.6 Å². The number of rotatable bonds is 10. The van der Waals surface area contributed by atoms with Gasteiger partial charge in [0, 0.05) is 31.8 Å². The van der Waals surface area contributed by atoms with Gasteiger partial charge in [-0.3, -0.25) is 4.99 Å². The zero-order valence-corrected chi connectivity index (χ0v) is 17.6. The van der Waals surface area contributed by atoms with Gasteiger partial charge in [-0.1, -0.05) is 60.7 Å². The lowest BCUT2D eigenvalue weighted by molar-refractivity contribution is 0.598. The molecule has 0 bridgehead atoms. The quantitative estimate of drug-likeness (QED) is 0.365. The standard InChI is InChI=1S/C22H31N3O2S/c1-3-23-22(24-15-10-16-28(2,26)27)25-18-21(20-13-8-5-9-14-20)17-19-11-6-4-7-12-19/h4-9,11-14,21H,3,10,15-18H2,1-2H3,(H2,23,24,25). The van der Waals surface area contributed by atoms with Gasteiger partial charge in [0.2, 0.25) is 0 Å². The Hall–Kier alpha value is -2.34. The summed E-state index contributed by atoms with van der Waals surface area (Å²) in [6.45, 7) is 4.01. The van der Waals surface area contributed by atoms with Crippen molar-refractivity contribution < 1.29 is 8.42 Å². The van der Waals surface area contributed by atoms with E-state index < -0.39 is 9.84 Å². The van der Waals surface area contributed by atoms with Crippen LogP contribution in [0.5, 0.6) is 0 Å². The third-order valence-corrected chi connectivity index (χ3v) is 5.42. The Morgan fingerprint density at radius 1 is 1.00 bits per heavy atom. The average molecular weight is 402 g/mol. The van der Waals surface area contributed by atoms with E-state index in [-0.39, 0.29) is 11.7 Å². The van der Waals surface area contributed by atoms with Crippen molar-refractivity contribution >= 4 is 15.8 Å². The molecule has 2 N–H and O–H groups in total. The predicted octanol–water partition coefficient (Wildman–Crippen LogP) is 3.00. The van der Waals surface area contributed by atoms with Gasteiger partial charge >= 0.3 is 0 Å². The molecule has 152 valence electrons. The summed E-state index contributed by atoms with van der Waals surface area (Å²) in [6.07, 6.45) is 2.75. The van der Waals surface area contributed by atoms with Crippen molar-refractivity contribution in [3.63, 3.8) is 0 Å². The van der Waals surface area contributed by atoms with E-state index in [4.69, 9.17) is 4.99 Å². The first kappa shape index (κ1) is 22.0. The van der Waals surface area contributed by atoms with E-state index >= 15 is 0 Å². The predicted molar refractivity (Wildman–Crippen MR) is 118 cm³/mol. The topological polar surface area (TPSA) is 70.6 Å². The van der Waals surface area contributed by atoms with Crippen LogP contribution in [0.4, 0.5) is 0 Å². The number of aliphatic imine (C=N–C) groups is 1. The number of hydrogen-bond acceptors (Lipinski definition) is 3. The Labute approximate surface area is 169 Å². The minimum atomic E-state index is -2.93. The van der Waals surface area contributed by atoms with E-state index in [1.165, 1.54) is 17.4 Å². The molecule has 0 radical (unpaired) electrons. The van der Waals surface area contributed by atoms with Crippen molar-refractivity contribution in [3.05, 3.63) is 71.8 Å². The van der Waals surface area contributed by atoms with Gasteiger partial charge in [0.1, 0.15) is 9.84 Å². The third kappa shape index (κ3) is 8.57. The van der Waals surface area contributed by atoms with Gasteiger partial charge in [-0.05, 0) is 30.9 Å². The zero-order valence-electron chi connectivity index (χ0n) is 16.8. The molecule has 6 heteroatoms. The first-order chi connectivity index (χ1) is 13.5. The molecule has 2 aromatic rings. The van der Waals surface area contributed by atoms with E-state index in [9.17, 15) is 8.42 Å². The van der Waals surface area contributed by atoms with Gasteiger partial charge in [-0.15, -0.1) is 0 Å². The van der Waals surface area contributed by atoms with Crippen LogP contribution in [-0.4, -0.2) is 46.0 Å². The summed E-state index contributed by atoms with van der Waals surface area (Å²) in [5.41, 5.74) is 2.56. The summed E-state index contributed by atoms with van der Waals surface area (Å²) in [5, 5.41) is 6.48. The summed E-state index contributed by atoms with van der Waals surface area (Å²) < 4.78 is 22.5. The van der Waals surface area contributed by atoms with Crippen LogP contribution >= 0.6 is 0 Å². The Bertz CT molecular complexity index is 821. The molecule has 2 aromatic carbocycles. The van der Waals surface area contributed by atoms with E-state index in [0.717, 1.165) is 18.9 Å². The van der Waals surface area contributed by atoms with Crippen LogP contribution in [0.2, 0.25) is 0 Å². The Morgan fingerprint density at radius 2 is 1.64 bits per heavy atom. The van der Waals surface area contributed by atoms with Crippen LogP contribution < -0.4 is 10.6 Å². The Kier molecular flexibility index (Phi) is 9.01. The molecule has 0 saturated heterocycles. The van der Waals surface area contributed by atoms with Crippen molar-refractivity contribution in [2.24, 2.45) is 4.99 Å². The smallest absolute Gasteiger partial charge is 0.191 e. The molecule has 0 aliphatic heterocycles. The van der Waals surface area contributed by atoms with Gasteiger partial charge in [0.25, 0.3) is 0 Å². The maximum Gasteiger partial charge on any atom is 0.191 e. The summed E-state index contributed by atoms with van der Waals surface area (Å²) in [5.74, 6) is 1.18. The Morgan fingerprint density at radius 3 is 2.25 bits per heavy atom. The van der Waals surface area contributed by atoms with Crippen molar-refractivity contribution in [2.45, 2.75) is 25.7 Å². The van der Waals surface area contributed by atoms with Gasteiger partial charge in [0.05, 0.1) is 5.75 Å². The van der Waals surface area contributed by atoms with Crippen LogP contribution in [0.3, 0.4) is 0 Å². The maximum absolute atomic E-state index is 11.3. The molecule has 1 atom stereocenters. The second-order valence-electron chi connectivity index (χ2n) is 6.93. The molecular weight excluding hydrogens is 370 g/mol. The van der Waals surface area contributed by atoms with E-state index in [0.29, 0.717) is 19.5 Å². The summed E-state index contributed by atoms with van der Waals surface area (Å²) in [4.78, 5) is 4.77. The number of benzene rings is 2. The van der Waals surface area contributed by atoms with Gasteiger partial charge in [-0.25, -0.2) is 8.42 Å². The van der Waals surface area contributed by atoms with Gasteiger partial charge in [0.15, 0.2) is 5.96 Å². The SMILES string of the molecule is CCNC(=NCC(Cc1ccccc1)c1ccccc1)NCCCS(C)(=O)=O. The van der Waals surface area contributed by atoms with Gasteiger partial charge in [-0.2, -0.15) is 0 Å². The van der Waals surface area contributed by atoms with Gasteiger partial charge < -0.3 is 10.6 Å². The number of nitrogens with zero attached hydrogens (tertiary/aromatic N) is 1. The highest BCUT2D eigenvalue weighted by Gasteiger charge is 2.12. The number of sulfone groups is 1. The van der Waals surface area contributed by atoms with Crippen LogP contribution in [0.25, 0.3) is 0 Å². The van der Waals surface area contributed by atoms with Crippen LogP contribution in [0.15, 0.2) is 65.7 Å². The minimum absolute atomic E-state index is 0.181. The molecular formula is C22H31N3O2S. The Balaban J connectivity index is 2.04. The first-order valence-electron chi connectivity index (χ1n) is 9.76. The second-order valence-corrected chi connectivity index (χ2v) is 9.19. The highest BCUT2D eigenvalue weighted by molar-refractivity contribution is 7.90. The fourth-order valence-electron chi connectivity index (χ4n) is 3.00. The highest BCUT2D eigenvalue weighted by Crippen LogP contribution is 2.21. The summed E-state index contributed by atoms with van der Waals surface area (Å²) in [7, 11) is -2.93. The monoisotopic (exact) mass is 401 g/mol. The van der Waals surface area contributed by atoms with Crippen LogP contribution in [0.1, 0.15) is 30.4 Å². The molecule has 0 aromatic heterocycles. The molecule has 0 heterocycles. The lowest BCUT2D eigenvalue weighted by Gasteiger charge is -2.17. The normalized spacial score (nSPS) is 13.1. The van der Waals surface area contributed by atoms with Crippen LogP contribution in [0, 0.1) is 0 Å². The molecule has 1 unspecified atom stereocenters. The summed E-state index contributed by atoms with van der Waals surface area (Å²) >= 11 is 0. The minimum Gasteiger partial charge on any atom is -0.357 e. The fraction of sp³-hybridized carbons (Fsp3) is 0.409. The molecule has 0 aliphatic carbocycles. The first-order valence-corrected chi connectivity index (χ1v) is 11.8. The third-order valence-electron chi connectivity index (χ3n) is 4.39. The fourth-order valence-corrected chi connectivity index (χ4v) is 3.66. The maximum atomic E-state index is 11.3. The zero-order chi connectivity index (χ0) is 20.2. The summed E-state index contributed by atoms with van der Waals surface area (Å²) in [6, 6.07) is 20.9. The molecule has 0 saturated carbocycles. The number of nitrogens with one attached hydrogen (secondary N) is 2. The average Bonchev–Trinajstić information content (AvgIpc) is 2.69. The lowest BCUT2D eigenvalue weighted by atomic mass is 9.92. The lowest BCUT2D eigenvalue weighted by Crippen LogP contribution is -2.38. The molecule has 0 amide bonds. The molecule has 0 fully saturated rings. The largest absolute Gasteiger partial charge is 0.357 e. The second kappa shape index (κ2) is 11.5. The van der Waals surface area contributed by atoms with Crippen molar-refractivity contribution in [1.29, 1.82) is 0 Å². The molecule has 2 rings (SSSR count). The van der Waals surface area contributed by atoms with Crippen molar-refractivity contribution in [1.82, 2.24) is 10.6 Å². The van der Waals surface area contributed by atoms with E-state index in [1.807, 2.05) is 19.1 Å². The molecule has 28 heavy (non-hydrogen) atoms. The molecule has 0 aliphatic rings. The molecule has 5 nitrogen and oxygen atoms in total. The van der Waals surface area contributed by atoms with E-state index in [1.54, 1.807) is 0 Å². The number of hydrogen-bond donors (Lipinski definition) is 2. The molecule has 0 spiro atoms. The van der Waals surface area contributed by atoms with Crippen LogP contribution in [-0.2, 0) is 16.3 Å². The highest BCUT2D eigenvalue weighted by atomic mass is 32.2. The van der Waals surface area contributed by atoms with E-state index in [2.05, 4.69) is 59.2 Å². The van der Waals surface area contributed by atoms with Crippen molar-refractivity contribution in [3.8, 4) is 0 Å². The number of guanidine groups is 1.